The number of hydrogen-bond acceptors (Lipinski definition) is 8. The Labute approximate surface area is 224 Å². The molecule has 2 aromatic rings. The molecule has 3 rings (SSSR count). The molecule has 1 fully saturated rings. The van der Waals surface area contributed by atoms with Crippen molar-refractivity contribution in [1.29, 1.82) is 0 Å². The lowest BCUT2D eigenvalue weighted by molar-refractivity contribution is -0.138. The number of alkyl halides is 2. The summed E-state index contributed by atoms with van der Waals surface area (Å²) in [5.41, 5.74) is 6.41. The number of benzene rings is 1. The van der Waals surface area contributed by atoms with Crippen LogP contribution >= 0.6 is 27.3 Å². The highest BCUT2D eigenvalue weighted by Crippen LogP contribution is 2.40. The highest BCUT2D eigenvalue weighted by Gasteiger charge is 2.46. The van der Waals surface area contributed by atoms with E-state index in [2.05, 4.69) is 25.9 Å². The molecule has 8 nitrogen and oxygen atoms in total. The zero-order chi connectivity index (χ0) is 27.0. The Balaban J connectivity index is 2.18. The van der Waals surface area contributed by atoms with Crippen molar-refractivity contribution in [3.8, 4) is 0 Å². The van der Waals surface area contributed by atoms with Crippen LogP contribution < -0.4 is 5.73 Å². The number of carbonyl (C=O) groups excluding carboxylic acids is 2. The summed E-state index contributed by atoms with van der Waals surface area (Å²) in [5.74, 6) is -4.24. The standard InChI is InChI=1S/C24H26BrF3N4O4S/c1-2-36-23(34)20(21(31-14-29)17-4-3-15(26)9-19(17)25)18(22-30-5-8-37-22)11-32-13-24(27,28)10-16(32)12-35-7-6-33/h3-6,8-9,14,16,21H,2,7,10-13H2,1H3,(H2,29,31)/b20-18+/t16?,21-/m0/s1. The summed E-state index contributed by atoms with van der Waals surface area (Å²) in [4.78, 5) is 34.2. The van der Waals surface area contributed by atoms with E-state index >= 15 is 0 Å². The quantitative estimate of drug-likeness (QED) is 0.0976. The number of hydrogen-bond donors (Lipinski definition) is 1. The predicted molar refractivity (Wildman–Crippen MR) is 137 cm³/mol. The zero-order valence-corrected chi connectivity index (χ0v) is 22.3. The zero-order valence-electron chi connectivity index (χ0n) is 19.9. The second-order valence-electron chi connectivity index (χ2n) is 8.14. The molecule has 0 radical (unpaired) electrons. The van der Waals surface area contributed by atoms with E-state index in [9.17, 15) is 22.8 Å². The molecule has 0 spiro atoms. The smallest absolute Gasteiger partial charge is 0.336 e. The first-order valence-electron chi connectivity index (χ1n) is 11.3. The van der Waals surface area contributed by atoms with Gasteiger partial charge in [0.2, 0.25) is 0 Å². The molecule has 1 aromatic heterocycles. The topological polar surface area (TPSA) is 107 Å². The second kappa shape index (κ2) is 13.3. The van der Waals surface area contributed by atoms with Crippen molar-refractivity contribution < 1.29 is 32.2 Å². The van der Waals surface area contributed by atoms with Crippen molar-refractivity contribution in [2.24, 2.45) is 10.7 Å². The minimum atomic E-state index is -3.00. The van der Waals surface area contributed by atoms with E-state index in [1.165, 1.54) is 40.6 Å². The van der Waals surface area contributed by atoms with Crippen LogP contribution in [0.1, 0.15) is 30.0 Å². The number of nitrogens with two attached hydrogens (primary N) is 1. The average molecular weight is 603 g/mol. The molecular weight excluding hydrogens is 577 g/mol. The van der Waals surface area contributed by atoms with Crippen LogP contribution in [0.3, 0.4) is 0 Å². The van der Waals surface area contributed by atoms with E-state index in [1.54, 1.807) is 12.3 Å². The summed E-state index contributed by atoms with van der Waals surface area (Å²) in [5, 5.41) is 2.09. The van der Waals surface area contributed by atoms with Crippen LogP contribution in [0.4, 0.5) is 13.2 Å². The van der Waals surface area contributed by atoms with Crippen LogP contribution in [0.2, 0.25) is 0 Å². The van der Waals surface area contributed by atoms with Crippen molar-refractivity contribution in [1.82, 2.24) is 9.88 Å². The molecule has 2 N–H and O–H groups in total. The van der Waals surface area contributed by atoms with E-state index in [1.807, 2.05) is 0 Å². The molecule has 1 saturated heterocycles. The first-order chi connectivity index (χ1) is 17.7. The van der Waals surface area contributed by atoms with Gasteiger partial charge in [-0.25, -0.2) is 22.9 Å². The second-order valence-corrected chi connectivity index (χ2v) is 9.89. The van der Waals surface area contributed by atoms with Gasteiger partial charge in [-0.2, -0.15) is 0 Å². The van der Waals surface area contributed by atoms with Crippen LogP contribution in [0.15, 0.2) is 44.8 Å². The van der Waals surface area contributed by atoms with Crippen LogP contribution in [-0.4, -0.2) is 73.4 Å². The van der Waals surface area contributed by atoms with Crippen molar-refractivity contribution in [2.75, 3.05) is 32.9 Å². The van der Waals surface area contributed by atoms with Crippen LogP contribution in [-0.2, 0) is 19.1 Å². The summed E-state index contributed by atoms with van der Waals surface area (Å²) >= 11 is 4.54. The molecule has 0 bridgehead atoms. The van der Waals surface area contributed by atoms with Crippen molar-refractivity contribution in [3.63, 3.8) is 0 Å². The number of carbonyl (C=O) groups is 2. The number of ether oxygens (including phenoxy) is 2. The number of rotatable bonds is 12. The maximum atomic E-state index is 14.5. The molecule has 0 saturated carbocycles. The first kappa shape index (κ1) is 29.0. The first-order valence-corrected chi connectivity index (χ1v) is 13.0. The van der Waals surface area contributed by atoms with Gasteiger partial charge in [-0.15, -0.1) is 11.3 Å². The number of nitrogens with zero attached hydrogens (tertiary/aromatic N) is 3. The molecule has 1 aromatic carbocycles. The number of likely N-dealkylation sites (tertiary alicyclic amines) is 1. The van der Waals surface area contributed by atoms with E-state index in [0.29, 0.717) is 26.9 Å². The van der Waals surface area contributed by atoms with E-state index in [-0.39, 0.29) is 31.9 Å². The van der Waals surface area contributed by atoms with Crippen molar-refractivity contribution >= 4 is 51.4 Å². The summed E-state index contributed by atoms with van der Waals surface area (Å²) in [7, 11) is 0. The molecule has 0 amide bonds. The van der Waals surface area contributed by atoms with Crippen molar-refractivity contribution in [3.05, 3.63) is 56.2 Å². The molecule has 1 aliphatic rings. The number of aldehydes is 1. The molecule has 13 heteroatoms. The molecule has 2 heterocycles. The summed E-state index contributed by atoms with van der Waals surface area (Å²) in [6, 6.07) is 2.12. The Kier molecular flexibility index (Phi) is 10.4. The Hall–Kier alpha value is -2.61. The third-order valence-electron chi connectivity index (χ3n) is 5.62. The number of halogens is 4. The van der Waals surface area contributed by atoms with Gasteiger partial charge in [-0.05, 0) is 24.6 Å². The average Bonchev–Trinajstić information content (AvgIpc) is 3.46. The van der Waals surface area contributed by atoms with Gasteiger partial charge in [0.05, 0.1) is 31.7 Å². The third-order valence-corrected chi connectivity index (χ3v) is 7.14. The van der Waals surface area contributed by atoms with Gasteiger partial charge >= 0.3 is 5.97 Å². The fourth-order valence-corrected chi connectivity index (χ4v) is 5.39. The highest BCUT2D eigenvalue weighted by molar-refractivity contribution is 9.10. The van der Waals surface area contributed by atoms with Gasteiger partial charge in [0, 0.05) is 40.6 Å². The van der Waals surface area contributed by atoms with Gasteiger partial charge < -0.3 is 20.0 Å². The minimum Gasteiger partial charge on any atom is -0.463 e. The Bertz CT molecular complexity index is 1150. The summed E-state index contributed by atoms with van der Waals surface area (Å²) < 4.78 is 53.8. The lowest BCUT2D eigenvalue weighted by Crippen LogP contribution is -2.36. The van der Waals surface area contributed by atoms with Gasteiger partial charge in [0.1, 0.15) is 29.8 Å². The van der Waals surface area contributed by atoms with Gasteiger partial charge in [0.15, 0.2) is 0 Å². The minimum absolute atomic E-state index is 0.0357. The monoisotopic (exact) mass is 602 g/mol. The molecular formula is C24H26BrF3N4O4S. The molecule has 1 aliphatic heterocycles. The highest BCUT2D eigenvalue weighted by atomic mass is 79.9. The Morgan fingerprint density at radius 2 is 2.24 bits per heavy atom. The lowest BCUT2D eigenvalue weighted by Gasteiger charge is -2.27. The number of aromatic nitrogens is 1. The molecule has 1 unspecified atom stereocenters. The van der Waals surface area contributed by atoms with Gasteiger partial charge in [0.25, 0.3) is 5.92 Å². The van der Waals surface area contributed by atoms with Gasteiger partial charge in [-0.1, -0.05) is 22.0 Å². The number of aliphatic imine (C=N–C) groups is 1. The molecule has 37 heavy (non-hydrogen) atoms. The van der Waals surface area contributed by atoms with Crippen molar-refractivity contribution in [2.45, 2.75) is 31.4 Å². The van der Waals surface area contributed by atoms with Crippen LogP contribution in [0, 0.1) is 5.82 Å². The number of thiazole rings is 1. The molecule has 0 aliphatic carbocycles. The Morgan fingerprint density at radius 1 is 1.46 bits per heavy atom. The largest absolute Gasteiger partial charge is 0.463 e. The SMILES string of the molecule is CCOC(=O)/C(=C(\CN1CC(F)(F)CC1COCC=O)c1nccs1)[C@@H](N=CN)c1ccc(F)cc1Br. The maximum absolute atomic E-state index is 14.5. The predicted octanol–water partition coefficient (Wildman–Crippen LogP) is 4.01. The van der Waals surface area contributed by atoms with Gasteiger partial charge in [-0.3, -0.25) is 9.89 Å². The summed E-state index contributed by atoms with van der Waals surface area (Å²) in [6.45, 7) is 0.670. The van der Waals surface area contributed by atoms with E-state index in [0.717, 1.165) is 6.34 Å². The molecule has 2 atom stereocenters. The van der Waals surface area contributed by atoms with E-state index < -0.39 is 42.8 Å². The fourth-order valence-electron chi connectivity index (χ4n) is 4.14. The summed E-state index contributed by atoms with van der Waals surface area (Å²) in [6.07, 6.45) is 2.62. The lowest BCUT2D eigenvalue weighted by atomic mass is 9.94. The van der Waals surface area contributed by atoms with Crippen LogP contribution in [0.25, 0.3) is 5.57 Å². The fraction of sp³-hybridized carbons (Fsp3) is 0.417. The third kappa shape index (κ3) is 7.46. The molecule has 200 valence electrons. The maximum Gasteiger partial charge on any atom is 0.336 e. The number of esters is 1. The Morgan fingerprint density at radius 3 is 2.86 bits per heavy atom. The van der Waals surface area contributed by atoms with E-state index in [4.69, 9.17) is 15.2 Å². The normalized spacial score (nSPS) is 19.1. The van der Waals surface area contributed by atoms with Crippen LogP contribution in [0.5, 0.6) is 0 Å².